The number of carboxylic acid groups (broad SMARTS) is 1. The Morgan fingerprint density at radius 2 is 1.33 bits per heavy atom. The molecule has 0 aliphatic carbocycles. The number of aromatic nitrogens is 5. The van der Waals surface area contributed by atoms with E-state index < -0.39 is 54.6 Å². The number of nitrogens with one attached hydrogen (secondary N) is 7. The van der Waals surface area contributed by atoms with E-state index in [1.54, 1.807) is 65.7 Å². The predicted molar refractivity (Wildman–Crippen MR) is 298 cm³/mol. The lowest BCUT2D eigenvalue weighted by atomic mass is 10.1. The molecule has 1 unspecified atom stereocenters. The molecule has 0 saturated heterocycles. The van der Waals surface area contributed by atoms with E-state index in [2.05, 4.69) is 56.0 Å². The van der Waals surface area contributed by atoms with Crippen LogP contribution in [-0.4, -0.2) is 156 Å². The number of pyridine rings is 1. The van der Waals surface area contributed by atoms with Gasteiger partial charge in [0.25, 0.3) is 21.9 Å². The fraction of sp³-hybridized carbons (Fsp3) is 0.288. The van der Waals surface area contributed by atoms with E-state index in [0.29, 0.717) is 99.4 Å². The lowest BCUT2D eigenvalue weighted by Gasteiger charge is -2.16. The summed E-state index contributed by atoms with van der Waals surface area (Å²) in [5, 5.41) is 27.4. The molecule has 3 aromatic heterocycles. The first-order chi connectivity index (χ1) is 39.0. The summed E-state index contributed by atoms with van der Waals surface area (Å²) in [5.74, 6) is -1.46. The molecule has 4 aromatic carbocycles. The smallest absolute Gasteiger partial charge is 0.323 e. The second kappa shape index (κ2) is 29.5. The summed E-state index contributed by atoms with van der Waals surface area (Å²) in [4.78, 5) is 48.4. The van der Waals surface area contributed by atoms with Crippen LogP contribution in [0.15, 0.2) is 148 Å². The fourth-order valence-corrected chi connectivity index (χ4v) is 10.6. The average molecular weight is 1170 g/mol. The largest absolute Gasteiger partial charge is 0.480 e. The number of rotatable bonds is 34. The lowest BCUT2D eigenvalue weighted by molar-refractivity contribution is -0.138. The summed E-state index contributed by atoms with van der Waals surface area (Å²) in [6.07, 6.45) is 9.28. The Morgan fingerprint density at radius 1 is 0.691 bits per heavy atom. The van der Waals surface area contributed by atoms with Crippen molar-refractivity contribution in [2.24, 2.45) is 5.10 Å². The Morgan fingerprint density at radius 3 is 1.98 bits per heavy atom. The number of anilines is 2. The molecule has 7 aromatic rings. The van der Waals surface area contributed by atoms with Crippen LogP contribution in [0.1, 0.15) is 45.5 Å². The minimum absolute atomic E-state index is 0.0200. The topological polar surface area (TPSA) is 366 Å². The first-order valence-electron chi connectivity index (χ1n) is 25.2. The van der Waals surface area contributed by atoms with Gasteiger partial charge < -0.3 is 40.3 Å². The van der Waals surface area contributed by atoms with Crippen molar-refractivity contribution in [3.05, 3.63) is 145 Å². The molecule has 0 saturated carbocycles. The number of aromatic amines is 1. The van der Waals surface area contributed by atoms with Crippen molar-refractivity contribution in [2.45, 2.75) is 46.5 Å². The zero-order valence-corrected chi connectivity index (χ0v) is 45.9. The van der Waals surface area contributed by atoms with Crippen molar-refractivity contribution in [3.63, 3.8) is 0 Å². The van der Waals surface area contributed by atoms with Crippen molar-refractivity contribution in [1.29, 1.82) is 0 Å². The summed E-state index contributed by atoms with van der Waals surface area (Å²) in [7, 11) is -12.6. The second-order valence-corrected chi connectivity index (χ2v) is 22.5. The molecule has 0 bridgehead atoms. The third-order valence-electron chi connectivity index (χ3n) is 11.8. The Labute approximate surface area is 467 Å². The minimum Gasteiger partial charge on any atom is -0.480 e. The van der Waals surface area contributed by atoms with Crippen LogP contribution in [0.2, 0.25) is 0 Å². The van der Waals surface area contributed by atoms with Crippen LogP contribution in [0.4, 0.5) is 11.8 Å². The van der Waals surface area contributed by atoms with E-state index in [1.807, 2.05) is 0 Å². The van der Waals surface area contributed by atoms with Gasteiger partial charge in [0, 0.05) is 81.0 Å². The number of hydrogen-bond donors (Lipinski definition) is 9. The molecule has 0 spiro atoms. The SMILES string of the molecule is O=C(NCCCOCCOCCOCCCNS(=O)(=O)c1ccc(-c2ccc(S(=O)(=O)NC(CNC(=O)c3ccc4c(cnn4CCCNc4ncc[nH]4)c3)C(=O)O)cc2)cc1)c1ccc(N/N=C/c2ccccc2S(=O)(=O)O)nc1. The van der Waals surface area contributed by atoms with E-state index >= 15 is 0 Å². The number of nitrogens with zero attached hydrogens (tertiary/aromatic N) is 5. The third kappa shape index (κ3) is 18.5. The van der Waals surface area contributed by atoms with E-state index in [9.17, 15) is 49.3 Å². The number of sulfonamides is 2. The molecule has 81 heavy (non-hydrogen) atoms. The van der Waals surface area contributed by atoms with Crippen molar-refractivity contribution in [3.8, 4) is 11.1 Å². The Bertz CT molecular complexity index is 3570. The molecule has 29 heteroatoms. The average Bonchev–Trinajstić information content (AvgIpc) is 4.15. The zero-order valence-electron chi connectivity index (χ0n) is 43.4. The van der Waals surface area contributed by atoms with E-state index in [4.69, 9.17) is 14.2 Å². The molecule has 430 valence electrons. The molecular weight excluding hydrogens is 1110 g/mol. The van der Waals surface area contributed by atoms with Crippen LogP contribution in [0, 0.1) is 0 Å². The Kier molecular flexibility index (Phi) is 22.1. The number of carbonyl (C=O) groups excluding carboxylic acids is 2. The van der Waals surface area contributed by atoms with Gasteiger partial charge in [-0.25, -0.2) is 31.5 Å². The summed E-state index contributed by atoms with van der Waals surface area (Å²) < 4.78 is 108. The Balaban J connectivity index is 0.719. The van der Waals surface area contributed by atoms with Crippen LogP contribution in [0.5, 0.6) is 0 Å². The number of H-pyrrole nitrogens is 1. The van der Waals surface area contributed by atoms with E-state index in [-0.39, 0.29) is 44.9 Å². The summed E-state index contributed by atoms with van der Waals surface area (Å²) in [5.41, 5.74) is 5.33. The van der Waals surface area contributed by atoms with E-state index in [1.165, 1.54) is 73.1 Å². The molecule has 26 nitrogen and oxygen atoms in total. The fourth-order valence-electron chi connectivity index (χ4n) is 7.66. The van der Waals surface area contributed by atoms with Gasteiger partial charge in [0.2, 0.25) is 20.0 Å². The number of ether oxygens (including phenoxy) is 3. The highest BCUT2D eigenvalue weighted by Crippen LogP contribution is 2.24. The molecule has 0 radical (unpaired) electrons. The van der Waals surface area contributed by atoms with Gasteiger partial charge in [0.1, 0.15) is 16.8 Å². The monoisotopic (exact) mass is 1170 g/mol. The van der Waals surface area contributed by atoms with Gasteiger partial charge in [-0.1, -0.05) is 42.5 Å². The number of carbonyl (C=O) groups is 3. The second-order valence-electron chi connectivity index (χ2n) is 17.6. The van der Waals surface area contributed by atoms with Crippen LogP contribution < -0.4 is 30.8 Å². The normalized spacial score (nSPS) is 12.4. The molecule has 0 fully saturated rings. The van der Waals surface area contributed by atoms with Gasteiger partial charge in [0.15, 0.2) is 5.95 Å². The first kappa shape index (κ1) is 60.6. The summed E-state index contributed by atoms with van der Waals surface area (Å²) in [6.45, 7) is 3.11. The minimum atomic E-state index is -4.42. The molecule has 9 N–H and O–H groups in total. The number of imidazole rings is 1. The maximum atomic E-state index is 13.3. The summed E-state index contributed by atoms with van der Waals surface area (Å²) >= 11 is 0. The van der Waals surface area contributed by atoms with Crippen LogP contribution >= 0.6 is 0 Å². The van der Waals surface area contributed by atoms with Crippen LogP contribution in [0.3, 0.4) is 0 Å². The molecular formula is C52H60N12O14S3. The third-order valence-corrected chi connectivity index (χ3v) is 15.7. The molecule has 2 amide bonds. The number of benzene rings is 4. The number of hydrazone groups is 1. The van der Waals surface area contributed by atoms with Gasteiger partial charge in [-0.05, 0) is 91.1 Å². The number of aliphatic carboxylic acids is 1. The maximum Gasteiger partial charge on any atom is 0.323 e. The van der Waals surface area contributed by atoms with Crippen molar-refractivity contribution in [2.75, 3.05) is 76.6 Å². The molecule has 1 atom stereocenters. The number of hydrogen-bond acceptors (Lipinski definition) is 18. The number of amides is 2. The number of carboxylic acids is 1. The highest BCUT2D eigenvalue weighted by atomic mass is 32.2. The van der Waals surface area contributed by atoms with Crippen molar-refractivity contribution in [1.82, 2.24) is 44.8 Å². The van der Waals surface area contributed by atoms with Crippen LogP contribution in [-0.2, 0) is 55.7 Å². The number of fused-ring (bicyclic) bond motifs is 1. The maximum absolute atomic E-state index is 13.3. The quantitative estimate of drug-likeness (QED) is 0.0120. The van der Waals surface area contributed by atoms with Crippen molar-refractivity contribution >= 4 is 76.8 Å². The molecule has 0 aliphatic rings. The lowest BCUT2D eigenvalue weighted by Crippen LogP contribution is -2.48. The van der Waals surface area contributed by atoms with Gasteiger partial charge in [-0.3, -0.25) is 29.0 Å². The Hall–Kier alpha value is -8.00. The highest BCUT2D eigenvalue weighted by Gasteiger charge is 2.27. The van der Waals surface area contributed by atoms with Crippen molar-refractivity contribution < 1.29 is 63.5 Å². The van der Waals surface area contributed by atoms with Gasteiger partial charge >= 0.3 is 5.97 Å². The summed E-state index contributed by atoms with van der Waals surface area (Å²) in [6, 6.07) is 23.7. The van der Waals surface area contributed by atoms with Gasteiger partial charge in [0.05, 0.1) is 59.7 Å². The molecule has 7 rings (SSSR count). The van der Waals surface area contributed by atoms with Gasteiger partial charge in [-0.2, -0.15) is 23.3 Å². The highest BCUT2D eigenvalue weighted by molar-refractivity contribution is 7.89. The van der Waals surface area contributed by atoms with Crippen LogP contribution in [0.25, 0.3) is 22.0 Å². The zero-order chi connectivity index (χ0) is 57.7. The first-order valence-corrected chi connectivity index (χ1v) is 29.6. The molecule has 3 heterocycles. The van der Waals surface area contributed by atoms with E-state index in [0.717, 1.165) is 11.9 Å². The molecule has 0 aliphatic heterocycles. The standard InChI is InChI=1S/C52H60N12O14S3/c65-49(39-12-18-46-42(32-39)35-60-64(46)25-3-20-54-52-55-23-24-56-52)58-36-45(51(67)68)63-80(71,72)44-16-10-38(11-17-44)37-8-14-43(15-9-37)79(69,70)61-22-5-27-77-29-31-78-30-28-76-26-4-21-53-50(66)41-13-19-48(57-33-41)62-59-34-40-6-1-2-7-47(40)81(73,74)75/h1-2,6-19,23-24,32-35,45,61,63H,3-5,20-22,25-31,36H2,(H,53,66)(H,57,62)(H,58,65)(H,67,68)(H2,54,55,56)(H,73,74,75)/b59-34+. The predicted octanol–water partition coefficient (Wildman–Crippen LogP) is 3.72. The van der Waals surface area contributed by atoms with Gasteiger partial charge in [-0.15, -0.1) is 0 Å². The number of aryl methyl sites for hydroxylation is 1.